The van der Waals surface area contributed by atoms with Crippen molar-refractivity contribution in [2.45, 2.75) is 58.8 Å². The molecule has 0 aliphatic heterocycles. The van der Waals surface area contributed by atoms with E-state index in [1.54, 1.807) is 6.08 Å². The van der Waals surface area contributed by atoms with E-state index < -0.39 is 0 Å². The summed E-state index contributed by atoms with van der Waals surface area (Å²) in [5.41, 5.74) is 3.53. The maximum atomic E-state index is 12.2. The molecule has 0 bridgehead atoms. The maximum absolute atomic E-state index is 12.2. The molecule has 0 aliphatic carbocycles. The van der Waals surface area contributed by atoms with Gasteiger partial charge in [-0.15, -0.1) is 0 Å². The second-order valence-corrected chi connectivity index (χ2v) is 9.32. The molecule has 0 saturated heterocycles. The molecular formula is C25H33NO2. The molecule has 2 rings (SSSR count). The topological polar surface area (TPSA) is 49.3 Å². The van der Waals surface area contributed by atoms with Crippen molar-refractivity contribution in [3.05, 3.63) is 70.8 Å². The monoisotopic (exact) mass is 379 g/mol. The zero-order valence-electron chi connectivity index (χ0n) is 18.0. The van der Waals surface area contributed by atoms with Gasteiger partial charge in [-0.05, 0) is 46.6 Å². The standard InChI is InChI=1S/C25H33NO2/c1-24(2,3)20-16-19(17-21(23(20)28)25(4,5)6)12-13-22(27)26-15-14-18-10-8-7-9-11-18/h7-13,16-17,28H,14-15H2,1-6H3,(H,26,27)/b13-12+. The van der Waals surface area contributed by atoms with E-state index in [0.29, 0.717) is 12.3 Å². The minimum atomic E-state index is -0.189. The van der Waals surface area contributed by atoms with Gasteiger partial charge in [-0.1, -0.05) is 71.9 Å². The second-order valence-electron chi connectivity index (χ2n) is 9.32. The fourth-order valence-electron chi connectivity index (χ4n) is 3.10. The van der Waals surface area contributed by atoms with E-state index in [1.807, 2.05) is 36.4 Å². The predicted molar refractivity (Wildman–Crippen MR) is 118 cm³/mol. The number of carbonyl (C=O) groups is 1. The van der Waals surface area contributed by atoms with E-state index in [-0.39, 0.29) is 16.7 Å². The summed E-state index contributed by atoms with van der Waals surface area (Å²) in [6.07, 6.45) is 4.19. The van der Waals surface area contributed by atoms with Gasteiger partial charge in [0.25, 0.3) is 0 Å². The van der Waals surface area contributed by atoms with Crippen LogP contribution in [0.5, 0.6) is 5.75 Å². The smallest absolute Gasteiger partial charge is 0.244 e. The van der Waals surface area contributed by atoms with Crippen molar-refractivity contribution in [2.24, 2.45) is 0 Å². The quantitative estimate of drug-likeness (QED) is 0.687. The molecule has 0 radical (unpaired) electrons. The number of benzene rings is 2. The zero-order chi connectivity index (χ0) is 20.9. The van der Waals surface area contributed by atoms with Gasteiger partial charge in [-0.25, -0.2) is 0 Å². The van der Waals surface area contributed by atoms with Crippen molar-refractivity contribution >= 4 is 12.0 Å². The summed E-state index contributed by atoms with van der Waals surface area (Å²) < 4.78 is 0. The number of amides is 1. The Morgan fingerprint density at radius 1 is 0.964 bits per heavy atom. The Morgan fingerprint density at radius 2 is 1.50 bits per heavy atom. The second kappa shape index (κ2) is 8.64. The minimum absolute atomic E-state index is 0.112. The molecule has 2 N–H and O–H groups in total. The highest BCUT2D eigenvalue weighted by Gasteiger charge is 2.26. The normalized spacial score (nSPS) is 12.4. The van der Waals surface area contributed by atoms with Crippen molar-refractivity contribution in [1.29, 1.82) is 0 Å². The lowest BCUT2D eigenvalue weighted by molar-refractivity contribution is -0.116. The Morgan fingerprint density at radius 3 is 2.00 bits per heavy atom. The lowest BCUT2D eigenvalue weighted by Crippen LogP contribution is -2.23. The number of hydrogen-bond donors (Lipinski definition) is 2. The fraction of sp³-hybridized carbons (Fsp3) is 0.400. The third kappa shape index (κ3) is 5.98. The first kappa shape index (κ1) is 21.7. The molecular weight excluding hydrogens is 346 g/mol. The largest absolute Gasteiger partial charge is 0.507 e. The molecule has 2 aromatic rings. The van der Waals surface area contributed by atoms with E-state index in [1.165, 1.54) is 5.56 Å². The van der Waals surface area contributed by atoms with Crippen molar-refractivity contribution in [3.8, 4) is 5.75 Å². The number of aromatic hydroxyl groups is 1. The van der Waals surface area contributed by atoms with Crippen LogP contribution >= 0.6 is 0 Å². The van der Waals surface area contributed by atoms with Crippen LogP contribution in [0, 0.1) is 0 Å². The molecule has 1 amide bonds. The van der Waals surface area contributed by atoms with Crippen LogP contribution in [-0.2, 0) is 22.0 Å². The molecule has 0 aromatic heterocycles. The van der Waals surface area contributed by atoms with Gasteiger partial charge in [0.15, 0.2) is 0 Å². The molecule has 0 fully saturated rings. The molecule has 2 aromatic carbocycles. The first-order valence-electron chi connectivity index (χ1n) is 9.86. The van der Waals surface area contributed by atoms with Crippen LogP contribution in [0.4, 0.5) is 0 Å². The van der Waals surface area contributed by atoms with Crippen molar-refractivity contribution in [2.75, 3.05) is 6.54 Å². The Bertz CT molecular complexity index is 802. The highest BCUT2D eigenvalue weighted by molar-refractivity contribution is 5.91. The molecule has 0 aliphatic rings. The SMILES string of the molecule is CC(C)(C)c1cc(/C=C/C(=O)NCCc2ccccc2)cc(C(C)(C)C)c1O. The average Bonchev–Trinajstić information content (AvgIpc) is 2.59. The molecule has 28 heavy (non-hydrogen) atoms. The van der Waals surface area contributed by atoms with Gasteiger partial charge in [0.05, 0.1) is 0 Å². The number of rotatable bonds is 5. The predicted octanol–water partition coefficient (Wildman–Crippen LogP) is 5.36. The molecule has 0 spiro atoms. The summed E-state index contributed by atoms with van der Waals surface area (Å²) in [7, 11) is 0. The first-order chi connectivity index (χ1) is 13.0. The molecule has 0 unspecified atom stereocenters. The zero-order valence-corrected chi connectivity index (χ0v) is 18.0. The molecule has 150 valence electrons. The lowest BCUT2D eigenvalue weighted by Gasteiger charge is -2.27. The summed E-state index contributed by atoms with van der Waals surface area (Å²) in [6, 6.07) is 14.0. The molecule has 0 heterocycles. The Labute approximate surface area is 169 Å². The molecule has 3 nitrogen and oxygen atoms in total. The number of phenols is 1. The van der Waals surface area contributed by atoms with Crippen molar-refractivity contribution in [3.63, 3.8) is 0 Å². The molecule has 0 atom stereocenters. The van der Waals surface area contributed by atoms with E-state index in [0.717, 1.165) is 23.1 Å². The summed E-state index contributed by atoms with van der Waals surface area (Å²) in [5, 5.41) is 13.7. The molecule has 0 saturated carbocycles. The maximum Gasteiger partial charge on any atom is 0.244 e. The van der Waals surface area contributed by atoms with Crippen LogP contribution in [-0.4, -0.2) is 17.6 Å². The van der Waals surface area contributed by atoms with E-state index in [9.17, 15) is 9.90 Å². The van der Waals surface area contributed by atoms with Crippen LogP contribution < -0.4 is 5.32 Å². The van der Waals surface area contributed by atoms with E-state index in [2.05, 4.69) is 59.0 Å². The van der Waals surface area contributed by atoms with Gasteiger partial charge >= 0.3 is 0 Å². The first-order valence-corrected chi connectivity index (χ1v) is 9.86. The molecule has 3 heteroatoms. The van der Waals surface area contributed by atoms with Gasteiger partial charge in [0.2, 0.25) is 5.91 Å². The summed E-state index contributed by atoms with van der Waals surface area (Å²) in [5.74, 6) is 0.239. The van der Waals surface area contributed by atoms with Gasteiger partial charge in [0, 0.05) is 23.7 Å². The summed E-state index contributed by atoms with van der Waals surface area (Å²) in [6.45, 7) is 13.1. The Hall–Kier alpha value is -2.55. The van der Waals surface area contributed by atoms with Crippen LogP contribution in [0.2, 0.25) is 0 Å². The highest BCUT2D eigenvalue weighted by atomic mass is 16.3. The minimum Gasteiger partial charge on any atom is -0.507 e. The van der Waals surface area contributed by atoms with Crippen LogP contribution in [0.3, 0.4) is 0 Å². The number of carbonyl (C=O) groups excluding carboxylic acids is 1. The van der Waals surface area contributed by atoms with Gasteiger partial charge in [0.1, 0.15) is 5.75 Å². The Kier molecular flexibility index (Phi) is 6.71. The summed E-state index contributed by atoms with van der Waals surface area (Å²) in [4.78, 5) is 12.2. The third-order valence-corrected chi connectivity index (χ3v) is 4.73. The highest BCUT2D eigenvalue weighted by Crippen LogP contribution is 2.39. The van der Waals surface area contributed by atoms with Crippen molar-refractivity contribution < 1.29 is 9.90 Å². The fourth-order valence-corrected chi connectivity index (χ4v) is 3.10. The Balaban J connectivity index is 2.14. The van der Waals surface area contributed by atoms with Gasteiger partial charge < -0.3 is 10.4 Å². The van der Waals surface area contributed by atoms with Crippen molar-refractivity contribution in [1.82, 2.24) is 5.32 Å². The van der Waals surface area contributed by atoms with E-state index in [4.69, 9.17) is 0 Å². The third-order valence-electron chi connectivity index (χ3n) is 4.73. The van der Waals surface area contributed by atoms with Gasteiger partial charge in [-0.3, -0.25) is 4.79 Å². The van der Waals surface area contributed by atoms with Crippen LogP contribution in [0.15, 0.2) is 48.5 Å². The number of phenolic OH excluding ortho intramolecular Hbond substituents is 1. The number of nitrogens with one attached hydrogen (secondary N) is 1. The average molecular weight is 380 g/mol. The van der Waals surface area contributed by atoms with Crippen LogP contribution in [0.25, 0.3) is 6.08 Å². The van der Waals surface area contributed by atoms with Crippen LogP contribution in [0.1, 0.15) is 63.8 Å². The van der Waals surface area contributed by atoms with Gasteiger partial charge in [-0.2, -0.15) is 0 Å². The van der Waals surface area contributed by atoms with E-state index >= 15 is 0 Å². The number of hydrogen-bond acceptors (Lipinski definition) is 2. The lowest BCUT2D eigenvalue weighted by atomic mass is 9.78. The summed E-state index contributed by atoms with van der Waals surface area (Å²) >= 11 is 0.